The minimum absolute atomic E-state index is 0.144. The zero-order valence-electron chi connectivity index (χ0n) is 19.6. The van der Waals surface area contributed by atoms with Gasteiger partial charge in [-0.3, -0.25) is 10.1 Å². The van der Waals surface area contributed by atoms with Crippen molar-refractivity contribution in [3.8, 4) is 6.07 Å². The number of benzene rings is 2. The first kappa shape index (κ1) is 25.4. The van der Waals surface area contributed by atoms with Crippen LogP contribution >= 0.6 is 0 Å². The van der Waals surface area contributed by atoms with Crippen molar-refractivity contribution in [3.05, 3.63) is 59.2 Å². The van der Waals surface area contributed by atoms with Crippen LogP contribution < -0.4 is 10.2 Å². The standard InChI is InChI=1S/C25H29N3O5/c1-17-12-18(2)14-21(13-17)28(11-7-10-26)22(29)16-32-23(30)19-8-6-9-20(15-19)27-24(31)33-25(3,4)5/h6,8-9,12-15H,7,11,16H2,1-5H3,(H,27,31). The van der Waals surface area contributed by atoms with E-state index in [2.05, 4.69) is 5.32 Å². The van der Waals surface area contributed by atoms with Crippen molar-refractivity contribution in [1.29, 1.82) is 5.26 Å². The number of hydrogen-bond acceptors (Lipinski definition) is 6. The highest BCUT2D eigenvalue weighted by molar-refractivity contribution is 5.98. The van der Waals surface area contributed by atoms with E-state index in [-0.39, 0.29) is 18.5 Å². The van der Waals surface area contributed by atoms with Crippen molar-refractivity contribution in [2.75, 3.05) is 23.4 Å². The Morgan fingerprint density at radius 2 is 1.73 bits per heavy atom. The van der Waals surface area contributed by atoms with Gasteiger partial charge < -0.3 is 14.4 Å². The summed E-state index contributed by atoms with van der Waals surface area (Å²) in [7, 11) is 0. The molecule has 2 aromatic carbocycles. The van der Waals surface area contributed by atoms with Crippen molar-refractivity contribution in [3.63, 3.8) is 0 Å². The van der Waals surface area contributed by atoms with Crippen LogP contribution in [0.5, 0.6) is 0 Å². The number of esters is 1. The molecule has 174 valence electrons. The summed E-state index contributed by atoms with van der Waals surface area (Å²) in [6.45, 7) is 8.77. The second-order valence-electron chi connectivity index (χ2n) is 8.58. The maximum Gasteiger partial charge on any atom is 0.412 e. The van der Waals surface area contributed by atoms with Crippen LogP contribution in [0.4, 0.5) is 16.2 Å². The summed E-state index contributed by atoms with van der Waals surface area (Å²) in [4.78, 5) is 38.7. The second-order valence-corrected chi connectivity index (χ2v) is 8.58. The van der Waals surface area contributed by atoms with E-state index in [0.29, 0.717) is 11.4 Å². The molecule has 0 heterocycles. The van der Waals surface area contributed by atoms with E-state index in [4.69, 9.17) is 14.7 Å². The minimum Gasteiger partial charge on any atom is -0.452 e. The van der Waals surface area contributed by atoms with Crippen LogP contribution in [0, 0.1) is 25.2 Å². The molecule has 0 aliphatic heterocycles. The fourth-order valence-electron chi connectivity index (χ4n) is 3.10. The van der Waals surface area contributed by atoms with Gasteiger partial charge in [0.1, 0.15) is 5.60 Å². The second kappa shape index (κ2) is 11.1. The van der Waals surface area contributed by atoms with Gasteiger partial charge in [0.05, 0.1) is 18.1 Å². The smallest absolute Gasteiger partial charge is 0.412 e. The highest BCUT2D eigenvalue weighted by Crippen LogP contribution is 2.20. The molecule has 0 aliphatic carbocycles. The Morgan fingerprint density at radius 1 is 1.06 bits per heavy atom. The fourth-order valence-corrected chi connectivity index (χ4v) is 3.10. The monoisotopic (exact) mass is 451 g/mol. The van der Waals surface area contributed by atoms with Gasteiger partial charge >= 0.3 is 12.1 Å². The minimum atomic E-state index is -0.711. The summed E-state index contributed by atoms with van der Waals surface area (Å²) < 4.78 is 10.4. The highest BCUT2D eigenvalue weighted by atomic mass is 16.6. The first-order chi connectivity index (χ1) is 15.5. The molecule has 0 aromatic heterocycles. The molecule has 0 aliphatic rings. The molecular formula is C25H29N3O5. The van der Waals surface area contributed by atoms with Crippen molar-refractivity contribution in [2.45, 2.75) is 46.6 Å². The molecule has 0 atom stereocenters. The van der Waals surface area contributed by atoms with Crippen LogP contribution in [0.3, 0.4) is 0 Å². The van der Waals surface area contributed by atoms with E-state index in [0.717, 1.165) is 11.1 Å². The van der Waals surface area contributed by atoms with E-state index in [9.17, 15) is 14.4 Å². The van der Waals surface area contributed by atoms with Crippen molar-refractivity contribution >= 4 is 29.3 Å². The van der Waals surface area contributed by atoms with Crippen LogP contribution in [0.1, 0.15) is 48.7 Å². The number of aryl methyl sites for hydroxylation is 2. The molecule has 2 amide bonds. The predicted octanol–water partition coefficient (Wildman–Crippen LogP) is 4.75. The molecule has 0 saturated heterocycles. The molecule has 0 unspecified atom stereocenters. The maximum absolute atomic E-state index is 12.8. The lowest BCUT2D eigenvalue weighted by molar-refractivity contribution is -0.121. The average Bonchev–Trinajstić information content (AvgIpc) is 2.70. The maximum atomic E-state index is 12.8. The van der Waals surface area contributed by atoms with Gasteiger partial charge in [0.2, 0.25) is 0 Å². The van der Waals surface area contributed by atoms with E-state index in [1.807, 2.05) is 38.1 Å². The van der Waals surface area contributed by atoms with E-state index in [1.54, 1.807) is 32.9 Å². The Bertz CT molecular complexity index is 1050. The molecule has 1 N–H and O–H groups in total. The van der Waals surface area contributed by atoms with Crippen molar-refractivity contribution < 1.29 is 23.9 Å². The molecule has 2 rings (SSSR count). The zero-order chi connectivity index (χ0) is 24.6. The quantitative estimate of drug-likeness (QED) is 0.608. The van der Waals surface area contributed by atoms with E-state index in [1.165, 1.54) is 17.0 Å². The largest absolute Gasteiger partial charge is 0.452 e. The van der Waals surface area contributed by atoms with Crippen molar-refractivity contribution in [2.24, 2.45) is 0 Å². The molecule has 0 spiro atoms. The number of hydrogen-bond donors (Lipinski definition) is 1. The summed E-state index contributed by atoms with van der Waals surface area (Å²) in [6.07, 6.45) is -0.504. The van der Waals surface area contributed by atoms with Gasteiger partial charge in [0, 0.05) is 17.9 Å². The first-order valence-electron chi connectivity index (χ1n) is 10.5. The molecule has 8 heteroatoms. The van der Waals surface area contributed by atoms with Crippen LogP contribution in [-0.2, 0) is 14.3 Å². The number of ether oxygens (including phenoxy) is 2. The Morgan fingerprint density at radius 3 is 2.33 bits per heavy atom. The molecule has 2 aromatic rings. The van der Waals surface area contributed by atoms with Gasteiger partial charge in [-0.25, -0.2) is 9.59 Å². The predicted molar refractivity (Wildman–Crippen MR) is 125 cm³/mol. The third-order valence-electron chi connectivity index (χ3n) is 4.34. The third kappa shape index (κ3) is 8.30. The number of nitriles is 1. The average molecular weight is 452 g/mol. The molecule has 0 radical (unpaired) electrons. The topological polar surface area (TPSA) is 109 Å². The highest BCUT2D eigenvalue weighted by Gasteiger charge is 2.20. The Balaban J connectivity index is 2.06. The number of anilines is 2. The van der Waals surface area contributed by atoms with Gasteiger partial charge in [-0.1, -0.05) is 12.1 Å². The molecule has 0 saturated carbocycles. The number of carbonyl (C=O) groups excluding carboxylic acids is 3. The number of amides is 2. The van der Waals surface area contributed by atoms with Gasteiger partial charge in [0.25, 0.3) is 5.91 Å². The Labute approximate surface area is 194 Å². The lowest BCUT2D eigenvalue weighted by Crippen LogP contribution is -2.35. The van der Waals surface area contributed by atoms with Gasteiger partial charge in [-0.2, -0.15) is 5.26 Å². The van der Waals surface area contributed by atoms with E-state index >= 15 is 0 Å². The van der Waals surface area contributed by atoms with Crippen LogP contribution in [-0.4, -0.2) is 36.7 Å². The number of nitrogens with zero attached hydrogens (tertiary/aromatic N) is 2. The molecule has 8 nitrogen and oxygen atoms in total. The number of rotatable bonds is 7. The lowest BCUT2D eigenvalue weighted by Gasteiger charge is -2.22. The summed E-state index contributed by atoms with van der Waals surface area (Å²) >= 11 is 0. The molecular weight excluding hydrogens is 422 g/mol. The summed E-state index contributed by atoms with van der Waals surface area (Å²) in [5, 5.41) is 11.5. The summed E-state index contributed by atoms with van der Waals surface area (Å²) in [5.41, 5.74) is 2.47. The first-order valence-corrected chi connectivity index (χ1v) is 10.5. The van der Waals surface area contributed by atoms with Gasteiger partial charge in [-0.15, -0.1) is 0 Å². The molecule has 0 bridgehead atoms. The number of nitrogens with one attached hydrogen (secondary N) is 1. The zero-order valence-corrected chi connectivity index (χ0v) is 19.6. The van der Waals surface area contributed by atoms with Gasteiger partial charge in [-0.05, 0) is 76.1 Å². The fraction of sp³-hybridized carbons (Fsp3) is 0.360. The number of carbonyl (C=O) groups is 3. The van der Waals surface area contributed by atoms with E-state index < -0.39 is 30.2 Å². The summed E-state index contributed by atoms with van der Waals surface area (Å²) in [5.74, 6) is -1.15. The Hall–Kier alpha value is -3.86. The summed E-state index contributed by atoms with van der Waals surface area (Å²) in [6, 6.07) is 13.8. The lowest BCUT2D eigenvalue weighted by atomic mass is 10.1. The van der Waals surface area contributed by atoms with Gasteiger partial charge in [0.15, 0.2) is 6.61 Å². The van der Waals surface area contributed by atoms with Crippen molar-refractivity contribution in [1.82, 2.24) is 0 Å². The van der Waals surface area contributed by atoms with Crippen LogP contribution in [0.25, 0.3) is 0 Å². The Kier molecular flexibility index (Phi) is 8.57. The van der Waals surface area contributed by atoms with Crippen LogP contribution in [0.2, 0.25) is 0 Å². The molecule has 0 fully saturated rings. The normalized spacial score (nSPS) is 10.7. The SMILES string of the molecule is Cc1cc(C)cc(N(CCC#N)C(=O)COC(=O)c2cccc(NC(=O)OC(C)(C)C)c2)c1. The molecule has 33 heavy (non-hydrogen) atoms. The third-order valence-corrected chi connectivity index (χ3v) is 4.34. The van der Waals surface area contributed by atoms with Crippen LogP contribution in [0.15, 0.2) is 42.5 Å².